The fourth-order valence-corrected chi connectivity index (χ4v) is 2.24. The van der Waals surface area contributed by atoms with Gasteiger partial charge in [-0.2, -0.15) is 0 Å². The largest absolute Gasteiger partial charge is 0.451 e. The molecule has 1 aromatic carbocycles. The Kier molecular flexibility index (Phi) is 2.80. The van der Waals surface area contributed by atoms with Crippen LogP contribution in [-0.2, 0) is 0 Å². The van der Waals surface area contributed by atoms with Gasteiger partial charge in [-0.25, -0.2) is 0 Å². The van der Waals surface area contributed by atoms with Gasteiger partial charge < -0.3 is 14.5 Å². The second-order valence-electron chi connectivity index (χ2n) is 4.76. The average Bonchev–Trinajstić information content (AvgIpc) is 2.70. The summed E-state index contributed by atoms with van der Waals surface area (Å²) < 4.78 is 5.61. The Labute approximate surface area is 106 Å². The SMILES string of the molecule is CN1CCN(/C=C2/Oc3ccccc3C2=O)CC1. The molecule has 0 radical (unpaired) electrons. The number of hydrogen-bond donors (Lipinski definition) is 0. The van der Waals surface area contributed by atoms with E-state index < -0.39 is 0 Å². The smallest absolute Gasteiger partial charge is 0.233 e. The first-order chi connectivity index (χ1) is 8.74. The van der Waals surface area contributed by atoms with Crippen molar-refractivity contribution in [3.05, 3.63) is 41.8 Å². The van der Waals surface area contributed by atoms with E-state index in [0.717, 1.165) is 26.2 Å². The van der Waals surface area contributed by atoms with E-state index in [1.807, 2.05) is 30.5 Å². The van der Waals surface area contributed by atoms with E-state index in [0.29, 0.717) is 17.1 Å². The molecule has 18 heavy (non-hydrogen) atoms. The Balaban J connectivity index is 1.78. The fourth-order valence-electron chi connectivity index (χ4n) is 2.24. The van der Waals surface area contributed by atoms with Gasteiger partial charge in [0.15, 0.2) is 5.76 Å². The molecule has 0 aliphatic carbocycles. The first-order valence-electron chi connectivity index (χ1n) is 6.20. The molecule has 0 amide bonds. The molecule has 94 valence electrons. The fraction of sp³-hybridized carbons (Fsp3) is 0.357. The van der Waals surface area contributed by atoms with Crippen molar-refractivity contribution in [2.45, 2.75) is 0 Å². The molecule has 3 rings (SSSR count). The van der Waals surface area contributed by atoms with E-state index in [1.165, 1.54) is 0 Å². The van der Waals surface area contributed by atoms with Crippen LogP contribution < -0.4 is 4.74 Å². The monoisotopic (exact) mass is 244 g/mol. The third-order valence-corrected chi connectivity index (χ3v) is 3.41. The predicted octanol–water partition coefficient (Wildman–Crippen LogP) is 1.35. The van der Waals surface area contributed by atoms with Crippen molar-refractivity contribution >= 4 is 5.78 Å². The molecule has 4 nitrogen and oxygen atoms in total. The van der Waals surface area contributed by atoms with Gasteiger partial charge in [-0.15, -0.1) is 0 Å². The van der Waals surface area contributed by atoms with Crippen LogP contribution in [0.15, 0.2) is 36.2 Å². The van der Waals surface area contributed by atoms with Crippen molar-refractivity contribution in [1.82, 2.24) is 9.80 Å². The summed E-state index contributed by atoms with van der Waals surface area (Å²) in [6.07, 6.45) is 1.86. The lowest BCUT2D eigenvalue weighted by atomic mass is 10.1. The molecule has 0 N–H and O–H groups in total. The molecule has 2 heterocycles. The number of nitrogens with zero attached hydrogens (tertiary/aromatic N) is 2. The number of carbonyl (C=O) groups excluding carboxylic acids is 1. The van der Waals surface area contributed by atoms with Crippen molar-refractivity contribution in [2.75, 3.05) is 33.2 Å². The molecule has 0 saturated carbocycles. The number of rotatable bonds is 1. The lowest BCUT2D eigenvalue weighted by Gasteiger charge is -2.31. The van der Waals surface area contributed by atoms with Gasteiger partial charge in [0, 0.05) is 32.4 Å². The van der Waals surface area contributed by atoms with Crippen molar-refractivity contribution in [3.63, 3.8) is 0 Å². The summed E-state index contributed by atoms with van der Waals surface area (Å²) in [6.45, 7) is 3.91. The minimum absolute atomic E-state index is 0.00970. The van der Waals surface area contributed by atoms with Gasteiger partial charge in [-0.3, -0.25) is 4.79 Å². The second kappa shape index (κ2) is 4.46. The number of piperazine rings is 1. The number of benzene rings is 1. The van der Waals surface area contributed by atoms with Crippen LogP contribution in [0.25, 0.3) is 0 Å². The highest BCUT2D eigenvalue weighted by atomic mass is 16.5. The van der Waals surface area contributed by atoms with Crippen LogP contribution in [0.2, 0.25) is 0 Å². The normalized spacial score (nSPS) is 22.2. The number of para-hydroxylation sites is 1. The van der Waals surface area contributed by atoms with E-state index in [9.17, 15) is 4.79 Å². The number of carbonyl (C=O) groups is 1. The summed E-state index contributed by atoms with van der Waals surface area (Å²) >= 11 is 0. The number of likely N-dealkylation sites (N-methyl/N-ethyl adjacent to an activating group) is 1. The van der Waals surface area contributed by atoms with Gasteiger partial charge >= 0.3 is 0 Å². The summed E-state index contributed by atoms with van der Waals surface area (Å²) in [5, 5.41) is 0. The predicted molar refractivity (Wildman–Crippen MR) is 68.6 cm³/mol. The molecule has 1 fully saturated rings. The molecule has 0 unspecified atom stereocenters. The van der Waals surface area contributed by atoms with E-state index in [1.54, 1.807) is 0 Å². The summed E-state index contributed by atoms with van der Waals surface area (Å²) in [5.41, 5.74) is 0.665. The van der Waals surface area contributed by atoms with Crippen LogP contribution in [0.3, 0.4) is 0 Å². The van der Waals surface area contributed by atoms with E-state index in [4.69, 9.17) is 4.74 Å². The Bertz CT molecular complexity index is 502. The van der Waals surface area contributed by atoms with E-state index in [2.05, 4.69) is 16.8 Å². The molecule has 2 aliphatic heterocycles. The molecule has 0 spiro atoms. The average molecular weight is 244 g/mol. The lowest BCUT2D eigenvalue weighted by Crippen LogP contribution is -2.42. The third kappa shape index (κ3) is 1.99. The molecule has 0 bridgehead atoms. The number of ether oxygens (including phenoxy) is 1. The Morgan fingerprint density at radius 2 is 1.89 bits per heavy atom. The zero-order valence-corrected chi connectivity index (χ0v) is 10.4. The maximum absolute atomic E-state index is 12.1. The van der Waals surface area contributed by atoms with Crippen molar-refractivity contribution in [3.8, 4) is 5.75 Å². The van der Waals surface area contributed by atoms with Crippen molar-refractivity contribution in [2.24, 2.45) is 0 Å². The topological polar surface area (TPSA) is 32.8 Å². The van der Waals surface area contributed by atoms with Gasteiger partial charge in [-0.05, 0) is 19.2 Å². The molecule has 4 heteroatoms. The van der Waals surface area contributed by atoms with Crippen molar-refractivity contribution < 1.29 is 9.53 Å². The molecular formula is C14H16N2O2. The highest BCUT2D eigenvalue weighted by Crippen LogP contribution is 2.30. The Hall–Kier alpha value is -1.81. The van der Waals surface area contributed by atoms with Gasteiger partial charge in [0.25, 0.3) is 0 Å². The van der Waals surface area contributed by atoms with Crippen LogP contribution in [0.5, 0.6) is 5.75 Å². The number of allylic oxidation sites excluding steroid dienone is 1. The summed E-state index contributed by atoms with van der Waals surface area (Å²) in [4.78, 5) is 16.5. The van der Waals surface area contributed by atoms with E-state index >= 15 is 0 Å². The Morgan fingerprint density at radius 1 is 1.17 bits per heavy atom. The second-order valence-corrected chi connectivity index (χ2v) is 4.76. The molecule has 1 saturated heterocycles. The minimum atomic E-state index is -0.00970. The number of hydrogen-bond acceptors (Lipinski definition) is 4. The maximum atomic E-state index is 12.1. The zero-order chi connectivity index (χ0) is 12.5. The summed E-state index contributed by atoms with van der Waals surface area (Å²) in [5.74, 6) is 1.10. The summed E-state index contributed by atoms with van der Waals surface area (Å²) in [7, 11) is 2.11. The molecule has 2 aliphatic rings. The number of fused-ring (bicyclic) bond motifs is 1. The van der Waals surface area contributed by atoms with E-state index in [-0.39, 0.29) is 5.78 Å². The molecule has 1 aromatic rings. The Morgan fingerprint density at radius 3 is 2.61 bits per heavy atom. The lowest BCUT2D eigenvalue weighted by molar-refractivity contribution is 0.101. The molecule has 0 aromatic heterocycles. The number of ketones is 1. The van der Waals surface area contributed by atoms with Crippen LogP contribution in [0.4, 0.5) is 0 Å². The molecular weight excluding hydrogens is 228 g/mol. The van der Waals surface area contributed by atoms with Crippen molar-refractivity contribution in [1.29, 1.82) is 0 Å². The van der Waals surface area contributed by atoms with Gasteiger partial charge in [0.2, 0.25) is 5.78 Å². The maximum Gasteiger partial charge on any atom is 0.233 e. The minimum Gasteiger partial charge on any atom is -0.451 e. The van der Waals surface area contributed by atoms with Gasteiger partial charge in [-0.1, -0.05) is 12.1 Å². The van der Waals surface area contributed by atoms with Crippen LogP contribution in [0.1, 0.15) is 10.4 Å². The highest BCUT2D eigenvalue weighted by Gasteiger charge is 2.27. The molecule has 0 atom stereocenters. The number of Topliss-reactive ketones (excluding diaryl/α,β-unsaturated/α-hetero) is 1. The first kappa shape index (κ1) is 11.3. The van der Waals surface area contributed by atoms with Crippen LogP contribution >= 0.6 is 0 Å². The standard InChI is InChI=1S/C14H16N2O2/c1-15-6-8-16(9-7-15)10-13-14(17)11-4-2-3-5-12(11)18-13/h2-5,10H,6-9H2,1H3/b13-10+. The quantitative estimate of drug-likeness (QED) is 0.698. The van der Waals surface area contributed by atoms with Crippen LogP contribution in [-0.4, -0.2) is 48.8 Å². The summed E-state index contributed by atoms with van der Waals surface area (Å²) in [6, 6.07) is 7.38. The third-order valence-electron chi connectivity index (χ3n) is 3.41. The van der Waals surface area contributed by atoms with Gasteiger partial charge in [0.1, 0.15) is 5.75 Å². The van der Waals surface area contributed by atoms with Crippen LogP contribution in [0, 0.1) is 0 Å². The van der Waals surface area contributed by atoms with Gasteiger partial charge in [0.05, 0.1) is 5.56 Å². The zero-order valence-electron chi connectivity index (χ0n) is 10.4. The first-order valence-corrected chi connectivity index (χ1v) is 6.20. The highest BCUT2D eigenvalue weighted by molar-refractivity contribution is 6.12.